The van der Waals surface area contributed by atoms with Gasteiger partial charge in [-0.15, -0.1) is 0 Å². The van der Waals surface area contributed by atoms with Crippen molar-refractivity contribution in [3.8, 4) is 0 Å². The van der Waals surface area contributed by atoms with E-state index in [1.165, 1.54) is 0 Å². The Morgan fingerprint density at radius 1 is 1.37 bits per heavy atom. The second-order valence-corrected chi connectivity index (χ2v) is 5.27. The fourth-order valence-electron chi connectivity index (χ4n) is 2.77. The molecule has 1 aromatic heterocycles. The summed E-state index contributed by atoms with van der Waals surface area (Å²) in [4.78, 5) is 22.7. The zero-order valence-corrected chi connectivity index (χ0v) is 11.6. The molecule has 1 fully saturated rings. The normalized spacial score (nSPS) is 21.2. The molecule has 6 nitrogen and oxygen atoms in total. The second kappa shape index (κ2) is 4.31. The fraction of sp³-hybridized carbons (Fsp3) is 0.583. The van der Waals surface area contributed by atoms with Crippen LogP contribution in [0.4, 0.5) is 11.5 Å². The minimum atomic E-state index is -0.588. The van der Waals surface area contributed by atoms with Crippen LogP contribution in [-0.2, 0) is 9.53 Å². The van der Waals surface area contributed by atoms with Gasteiger partial charge in [0.15, 0.2) is 5.82 Å². The topological polar surface area (TPSA) is 67.3 Å². The van der Waals surface area contributed by atoms with Gasteiger partial charge in [0.2, 0.25) is 5.28 Å². The van der Waals surface area contributed by atoms with Gasteiger partial charge in [0.1, 0.15) is 11.2 Å². The van der Waals surface area contributed by atoms with E-state index >= 15 is 0 Å². The van der Waals surface area contributed by atoms with E-state index in [1.807, 2.05) is 18.9 Å². The molecule has 0 aliphatic carbocycles. The summed E-state index contributed by atoms with van der Waals surface area (Å²) in [5, 5.41) is 3.12. The molecule has 1 spiro atoms. The number of halogens is 1. The summed E-state index contributed by atoms with van der Waals surface area (Å²) < 4.78 is 5.36. The number of aryl methyl sites for hydroxylation is 1. The molecule has 102 valence electrons. The first-order chi connectivity index (χ1) is 9.04. The third kappa shape index (κ3) is 1.78. The average Bonchev–Trinajstić information content (AvgIpc) is 2.39. The summed E-state index contributed by atoms with van der Waals surface area (Å²) in [6, 6.07) is 0. The number of likely N-dealkylation sites (N-methyl/N-ethyl adjacent to an activating group) is 1. The summed E-state index contributed by atoms with van der Waals surface area (Å²) in [6.45, 7) is 2.96. The number of hydrogen-bond donors (Lipinski definition) is 1. The van der Waals surface area contributed by atoms with Gasteiger partial charge in [-0.3, -0.25) is 4.79 Å². The molecular formula is C12H15ClN4O2. The maximum Gasteiger partial charge on any atom is 0.250 e. The first kappa shape index (κ1) is 12.6. The van der Waals surface area contributed by atoms with Gasteiger partial charge in [0.25, 0.3) is 5.91 Å². The molecule has 0 bridgehead atoms. The zero-order valence-electron chi connectivity index (χ0n) is 10.9. The summed E-state index contributed by atoms with van der Waals surface area (Å²) >= 11 is 5.92. The van der Waals surface area contributed by atoms with Crippen LogP contribution in [0.5, 0.6) is 0 Å². The third-order valence-corrected chi connectivity index (χ3v) is 4.15. The molecule has 7 heteroatoms. The molecule has 2 aliphatic heterocycles. The van der Waals surface area contributed by atoms with Gasteiger partial charge in [-0.1, -0.05) is 0 Å². The van der Waals surface area contributed by atoms with Crippen LogP contribution in [0.15, 0.2) is 0 Å². The lowest BCUT2D eigenvalue weighted by atomic mass is 9.85. The van der Waals surface area contributed by atoms with Crippen molar-refractivity contribution in [2.45, 2.75) is 25.3 Å². The fourth-order valence-corrected chi connectivity index (χ4v) is 2.98. The number of hydrogen-bond acceptors (Lipinski definition) is 5. The van der Waals surface area contributed by atoms with Crippen molar-refractivity contribution in [3.05, 3.63) is 11.0 Å². The van der Waals surface area contributed by atoms with Gasteiger partial charge in [0, 0.05) is 33.1 Å². The number of fused-ring (bicyclic) bond motifs is 1. The number of nitrogens with zero attached hydrogens (tertiary/aromatic N) is 3. The Morgan fingerprint density at radius 3 is 2.74 bits per heavy atom. The molecule has 0 unspecified atom stereocenters. The Morgan fingerprint density at radius 2 is 2.05 bits per heavy atom. The number of rotatable bonds is 0. The highest BCUT2D eigenvalue weighted by Crippen LogP contribution is 2.40. The summed E-state index contributed by atoms with van der Waals surface area (Å²) in [7, 11) is 1.88. The Kier molecular flexibility index (Phi) is 2.87. The molecule has 1 amide bonds. The Bertz CT molecular complexity index is 543. The smallest absolute Gasteiger partial charge is 0.250 e. The molecule has 0 atom stereocenters. The van der Waals surface area contributed by atoms with Crippen LogP contribution in [0.2, 0.25) is 5.28 Å². The van der Waals surface area contributed by atoms with Crippen LogP contribution in [-0.4, -0.2) is 41.7 Å². The lowest BCUT2D eigenvalue weighted by Crippen LogP contribution is -2.61. The molecule has 1 saturated heterocycles. The minimum absolute atomic E-state index is 0.0141. The standard InChI is InChI=1S/C12H15ClN4O2/c1-7-8-9(16-11(13)14-7)17(2)12(10(18)15-8)3-5-19-6-4-12/h3-6H2,1-2H3,(H,15,18). The van der Waals surface area contributed by atoms with Gasteiger partial charge in [-0.2, -0.15) is 4.98 Å². The van der Waals surface area contributed by atoms with Crippen LogP contribution in [0.1, 0.15) is 18.5 Å². The number of carbonyl (C=O) groups excluding carboxylic acids is 1. The van der Waals surface area contributed by atoms with Gasteiger partial charge >= 0.3 is 0 Å². The van der Waals surface area contributed by atoms with Crippen molar-refractivity contribution in [1.29, 1.82) is 0 Å². The number of nitrogens with one attached hydrogen (secondary N) is 1. The van der Waals surface area contributed by atoms with E-state index in [0.717, 1.165) is 0 Å². The van der Waals surface area contributed by atoms with Crippen molar-refractivity contribution < 1.29 is 9.53 Å². The minimum Gasteiger partial charge on any atom is -0.381 e. The molecule has 19 heavy (non-hydrogen) atoms. The van der Waals surface area contributed by atoms with E-state index in [4.69, 9.17) is 16.3 Å². The number of carbonyl (C=O) groups is 1. The highest BCUT2D eigenvalue weighted by Gasteiger charge is 2.48. The van der Waals surface area contributed by atoms with Crippen LogP contribution in [0.3, 0.4) is 0 Å². The van der Waals surface area contributed by atoms with Crippen molar-refractivity contribution in [2.24, 2.45) is 0 Å². The first-order valence-corrected chi connectivity index (χ1v) is 6.59. The van der Waals surface area contributed by atoms with Gasteiger partial charge in [-0.25, -0.2) is 4.98 Å². The van der Waals surface area contributed by atoms with E-state index in [-0.39, 0.29) is 11.2 Å². The van der Waals surface area contributed by atoms with E-state index < -0.39 is 5.54 Å². The van der Waals surface area contributed by atoms with Crippen LogP contribution >= 0.6 is 11.6 Å². The summed E-state index contributed by atoms with van der Waals surface area (Å²) in [6.07, 6.45) is 1.30. The summed E-state index contributed by atoms with van der Waals surface area (Å²) in [5.74, 6) is 0.666. The lowest BCUT2D eigenvalue weighted by Gasteiger charge is -2.47. The van der Waals surface area contributed by atoms with Gasteiger partial charge < -0.3 is 15.0 Å². The van der Waals surface area contributed by atoms with Gasteiger partial charge in [0.05, 0.1) is 5.69 Å². The largest absolute Gasteiger partial charge is 0.381 e. The van der Waals surface area contributed by atoms with E-state index in [9.17, 15) is 4.79 Å². The molecular weight excluding hydrogens is 268 g/mol. The molecule has 2 aliphatic rings. The maximum absolute atomic E-state index is 12.5. The predicted octanol–water partition coefficient (Wildman–Crippen LogP) is 1.38. The lowest BCUT2D eigenvalue weighted by molar-refractivity contribution is -0.124. The zero-order chi connectivity index (χ0) is 13.6. The second-order valence-electron chi connectivity index (χ2n) is 4.93. The number of anilines is 2. The quantitative estimate of drug-likeness (QED) is 0.728. The molecule has 3 heterocycles. The Labute approximate surface area is 116 Å². The van der Waals surface area contributed by atoms with E-state index in [0.29, 0.717) is 43.3 Å². The number of ether oxygens (including phenoxy) is 1. The molecule has 0 saturated carbocycles. The Hall–Kier alpha value is -1.40. The molecule has 0 radical (unpaired) electrons. The summed E-state index contributed by atoms with van der Waals surface area (Å²) in [5.41, 5.74) is 0.737. The van der Waals surface area contributed by atoms with Crippen LogP contribution < -0.4 is 10.2 Å². The maximum atomic E-state index is 12.5. The van der Waals surface area contributed by atoms with Crippen molar-refractivity contribution in [1.82, 2.24) is 9.97 Å². The van der Waals surface area contributed by atoms with E-state index in [1.54, 1.807) is 0 Å². The van der Waals surface area contributed by atoms with Crippen molar-refractivity contribution in [3.63, 3.8) is 0 Å². The van der Waals surface area contributed by atoms with Gasteiger partial charge in [-0.05, 0) is 18.5 Å². The first-order valence-electron chi connectivity index (χ1n) is 6.22. The van der Waals surface area contributed by atoms with Crippen molar-refractivity contribution in [2.75, 3.05) is 30.5 Å². The predicted molar refractivity (Wildman–Crippen MR) is 71.6 cm³/mol. The van der Waals surface area contributed by atoms with E-state index in [2.05, 4.69) is 15.3 Å². The molecule has 0 aromatic carbocycles. The molecule has 1 N–H and O–H groups in total. The van der Waals surface area contributed by atoms with Crippen molar-refractivity contribution >= 4 is 29.0 Å². The average molecular weight is 283 g/mol. The third-order valence-electron chi connectivity index (χ3n) is 3.98. The number of aromatic nitrogens is 2. The van der Waals surface area contributed by atoms with Crippen LogP contribution in [0, 0.1) is 6.92 Å². The SMILES string of the molecule is Cc1nc(Cl)nc2c1NC(=O)C1(CCOCC1)N2C. The highest BCUT2D eigenvalue weighted by molar-refractivity contribution is 6.28. The van der Waals surface area contributed by atoms with Crippen LogP contribution in [0.25, 0.3) is 0 Å². The molecule has 1 aromatic rings. The number of amides is 1. The Balaban J connectivity index is 2.11. The monoisotopic (exact) mass is 282 g/mol. The molecule has 3 rings (SSSR count). The highest BCUT2D eigenvalue weighted by atomic mass is 35.5.